The van der Waals surface area contributed by atoms with Crippen LogP contribution in [0.1, 0.15) is 74.6 Å². The second-order valence-corrected chi connectivity index (χ2v) is 12.6. The second kappa shape index (κ2) is 10.5. The molecule has 9 heteroatoms. The molecule has 2 aliphatic heterocycles. The first-order valence-electron chi connectivity index (χ1n) is 12.9. The summed E-state index contributed by atoms with van der Waals surface area (Å²) in [5.74, 6) is 1.68. The highest BCUT2D eigenvalue weighted by atomic mass is 32.2. The molecular formula is C27H38N4O4S. The zero-order valence-electron chi connectivity index (χ0n) is 21.8. The average Bonchev–Trinajstić information content (AvgIpc) is 3.13. The molecule has 1 aromatic carbocycles. The maximum atomic E-state index is 13.1. The lowest BCUT2D eigenvalue weighted by atomic mass is 9.82. The quantitative estimate of drug-likeness (QED) is 0.606. The highest BCUT2D eigenvalue weighted by Crippen LogP contribution is 2.36. The molecule has 8 nitrogen and oxygen atoms in total. The third kappa shape index (κ3) is 5.72. The fourth-order valence-electron chi connectivity index (χ4n) is 5.61. The Morgan fingerprint density at radius 2 is 1.78 bits per heavy atom. The number of aryl methyl sites for hydroxylation is 2. The summed E-state index contributed by atoms with van der Waals surface area (Å²) in [7, 11) is -3.63. The fraction of sp³-hybridized carbons (Fsp3) is 0.593. The predicted molar refractivity (Wildman–Crippen MR) is 142 cm³/mol. The number of hydrogen-bond donors (Lipinski definition) is 2. The molecule has 0 atom stereocenters. The van der Waals surface area contributed by atoms with Crippen molar-refractivity contribution in [2.75, 3.05) is 13.1 Å². The molecule has 4 rings (SSSR count). The van der Waals surface area contributed by atoms with Gasteiger partial charge >= 0.3 is 0 Å². The van der Waals surface area contributed by atoms with Crippen molar-refractivity contribution in [3.8, 4) is 0 Å². The SMILES string of the molecule is CC(=O)NCc1cc(C)c(/C=C/S(=O)(=O)N2CCC3(CC2)N=C(C2CCC(C)CC2)NC3=O)c(C)c1. The van der Waals surface area contributed by atoms with Crippen LogP contribution in [0.5, 0.6) is 0 Å². The van der Waals surface area contributed by atoms with Gasteiger partial charge in [0.15, 0.2) is 0 Å². The second-order valence-electron chi connectivity index (χ2n) is 10.7. The highest BCUT2D eigenvalue weighted by Gasteiger charge is 2.48. The largest absolute Gasteiger partial charge is 0.352 e. The minimum Gasteiger partial charge on any atom is -0.352 e. The molecule has 2 amide bonds. The van der Waals surface area contributed by atoms with E-state index in [9.17, 15) is 18.0 Å². The summed E-state index contributed by atoms with van der Waals surface area (Å²) in [6.07, 6.45) is 6.85. The van der Waals surface area contributed by atoms with Gasteiger partial charge in [0.25, 0.3) is 5.91 Å². The number of nitrogens with one attached hydrogen (secondary N) is 2. The molecule has 2 N–H and O–H groups in total. The van der Waals surface area contributed by atoms with E-state index in [0.717, 1.165) is 59.7 Å². The molecule has 0 bridgehead atoms. The van der Waals surface area contributed by atoms with E-state index in [1.807, 2.05) is 26.0 Å². The van der Waals surface area contributed by atoms with Crippen LogP contribution < -0.4 is 10.6 Å². The lowest BCUT2D eigenvalue weighted by Gasteiger charge is -2.34. The van der Waals surface area contributed by atoms with E-state index >= 15 is 0 Å². The van der Waals surface area contributed by atoms with Gasteiger partial charge in [-0.15, -0.1) is 0 Å². The van der Waals surface area contributed by atoms with E-state index in [1.165, 1.54) is 16.6 Å². The molecule has 0 unspecified atom stereocenters. The summed E-state index contributed by atoms with van der Waals surface area (Å²) in [4.78, 5) is 29.0. The van der Waals surface area contributed by atoms with Gasteiger partial charge in [-0.1, -0.05) is 31.9 Å². The lowest BCUT2D eigenvalue weighted by molar-refractivity contribution is -0.125. The third-order valence-electron chi connectivity index (χ3n) is 7.91. The minimum absolute atomic E-state index is 0.0747. The molecule has 1 spiro atoms. The number of hydrogen-bond acceptors (Lipinski definition) is 5. The number of amides is 2. The van der Waals surface area contributed by atoms with Gasteiger partial charge in [-0.05, 0) is 73.8 Å². The first-order chi connectivity index (χ1) is 17.0. The van der Waals surface area contributed by atoms with Gasteiger partial charge in [0, 0.05) is 37.9 Å². The summed E-state index contributed by atoms with van der Waals surface area (Å²) in [5, 5.41) is 7.09. The topological polar surface area (TPSA) is 108 Å². The van der Waals surface area contributed by atoms with Gasteiger partial charge in [0.2, 0.25) is 15.9 Å². The molecule has 1 aromatic rings. The number of aliphatic imine (C=N–C) groups is 1. The number of piperidine rings is 1. The molecule has 0 radical (unpaired) electrons. The maximum Gasteiger partial charge on any atom is 0.253 e. The smallest absolute Gasteiger partial charge is 0.253 e. The monoisotopic (exact) mass is 514 g/mol. The predicted octanol–water partition coefficient (Wildman–Crippen LogP) is 3.43. The Bertz CT molecular complexity index is 1170. The molecule has 3 aliphatic rings. The zero-order chi connectivity index (χ0) is 26.1. The summed E-state index contributed by atoms with van der Waals surface area (Å²) >= 11 is 0. The van der Waals surface area contributed by atoms with Crippen LogP contribution in [0.15, 0.2) is 22.5 Å². The Morgan fingerprint density at radius 3 is 2.36 bits per heavy atom. The van der Waals surface area contributed by atoms with Crippen molar-refractivity contribution in [1.82, 2.24) is 14.9 Å². The Kier molecular flexibility index (Phi) is 7.71. The summed E-state index contributed by atoms with van der Waals surface area (Å²) in [5.41, 5.74) is 2.89. The molecule has 2 fully saturated rings. The summed E-state index contributed by atoms with van der Waals surface area (Å²) in [6.45, 7) is 8.59. The van der Waals surface area contributed by atoms with E-state index in [1.54, 1.807) is 6.08 Å². The van der Waals surface area contributed by atoms with E-state index in [-0.39, 0.29) is 24.9 Å². The molecule has 2 heterocycles. The Hall–Kier alpha value is -2.52. The van der Waals surface area contributed by atoms with Crippen molar-refractivity contribution in [2.24, 2.45) is 16.8 Å². The number of carbonyl (C=O) groups excluding carboxylic acids is 2. The van der Waals surface area contributed by atoms with Crippen molar-refractivity contribution in [3.05, 3.63) is 39.8 Å². The number of benzene rings is 1. The molecule has 196 valence electrons. The first-order valence-corrected chi connectivity index (χ1v) is 14.4. The van der Waals surface area contributed by atoms with Gasteiger partial charge in [-0.2, -0.15) is 4.31 Å². The molecule has 36 heavy (non-hydrogen) atoms. The highest BCUT2D eigenvalue weighted by molar-refractivity contribution is 7.92. The number of sulfonamides is 1. The number of amidine groups is 1. The first kappa shape index (κ1) is 26.5. The molecule has 1 saturated heterocycles. The molecular weight excluding hydrogens is 476 g/mol. The standard InChI is InChI=1S/C27H38N4O4S/c1-18-5-7-23(8-6-18)25-29-26(33)27(30-25)10-12-31(13-11-27)36(34,35)14-9-24-19(2)15-22(16-20(24)3)17-28-21(4)32/h9,14-16,18,23H,5-8,10-13,17H2,1-4H3,(H,28,32)(H,29,30,33)/b14-9+. The van der Waals surface area contributed by atoms with Crippen LogP contribution in [-0.2, 0) is 26.2 Å². The zero-order valence-corrected chi connectivity index (χ0v) is 22.6. The minimum atomic E-state index is -3.63. The Labute approximate surface area is 214 Å². The Balaban J connectivity index is 1.41. The van der Waals surface area contributed by atoms with Crippen molar-refractivity contribution in [3.63, 3.8) is 0 Å². The van der Waals surface area contributed by atoms with E-state index < -0.39 is 15.6 Å². The number of carbonyl (C=O) groups is 2. The van der Waals surface area contributed by atoms with Crippen molar-refractivity contribution in [2.45, 2.75) is 78.3 Å². The number of nitrogens with zero attached hydrogens (tertiary/aromatic N) is 2. The summed E-state index contributed by atoms with van der Waals surface area (Å²) < 4.78 is 27.7. The van der Waals surface area contributed by atoms with Crippen molar-refractivity contribution in [1.29, 1.82) is 0 Å². The van der Waals surface area contributed by atoms with E-state index in [4.69, 9.17) is 4.99 Å². The third-order valence-corrected chi connectivity index (χ3v) is 9.48. The van der Waals surface area contributed by atoms with Gasteiger partial charge in [0.05, 0.1) is 0 Å². The van der Waals surface area contributed by atoms with Gasteiger partial charge in [-0.25, -0.2) is 8.42 Å². The van der Waals surface area contributed by atoms with E-state index in [0.29, 0.717) is 25.3 Å². The van der Waals surface area contributed by atoms with Crippen LogP contribution >= 0.6 is 0 Å². The van der Waals surface area contributed by atoms with Crippen LogP contribution in [0.4, 0.5) is 0 Å². The maximum absolute atomic E-state index is 13.1. The van der Waals surface area contributed by atoms with Crippen molar-refractivity contribution >= 4 is 33.7 Å². The van der Waals surface area contributed by atoms with Crippen LogP contribution in [0.25, 0.3) is 6.08 Å². The molecule has 1 saturated carbocycles. The fourth-order valence-corrected chi connectivity index (χ4v) is 6.79. The van der Waals surface area contributed by atoms with Crippen LogP contribution in [0.2, 0.25) is 0 Å². The summed E-state index contributed by atoms with van der Waals surface area (Å²) in [6, 6.07) is 3.92. The number of rotatable bonds is 6. The molecule has 0 aromatic heterocycles. The van der Waals surface area contributed by atoms with Crippen LogP contribution in [-0.4, -0.2) is 49.0 Å². The normalized spacial score (nSPS) is 24.7. The van der Waals surface area contributed by atoms with Gasteiger partial charge in [-0.3, -0.25) is 14.6 Å². The van der Waals surface area contributed by atoms with Crippen molar-refractivity contribution < 1.29 is 18.0 Å². The van der Waals surface area contributed by atoms with E-state index in [2.05, 4.69) is 17.6 Å². The van der Waals surface area contributed by atoms with Gasteiger partial charge in [0.1, 0.15) is 11.4 Å². The molecule has 1 aliphatic carbocycles. The van der Waals surface area contributed by atoms with Gasteiger partial charge < -0.3 is 10.6 Å². The van der Waals surface area contributed by atoms with Crippen LogP contribution in [0, 0.1) is 25.7 Å². The average molecular weight is 515 g/mol. The Morgan fingerprint density at radius 1 is 1.17 bits per heavy atom. The van der Waals surface area contributed by atoms with Crippen LogP contribution in [0.3, 0.4) is 0 Å². The lowest BCUT2D eigenvalue weighted by Crippen LogP contribution is -2.50.